The highest BCUT2D eigenvalue weighted by Gasteiger charge is 2.35. The smallest absolute Gasteiger partial charge is 0.261 e. The Morgan fingerprint density at radius 2 is 1.92 bits per heavy atom. The third-order valence-electron chi connectivity index (χ3n) is 4.34. The molecule has 1 aromatic heterocycles. The van der Waals surface area contributed by atoms with Crippen LogP contribution in [0, 0.1) is 6.92 Å². The van der Waals surface area contributed by atoms with E-state index in [0.717, 1.165) is 10.4 Å². The average molecular weight is 356 g/mol. The molecule has 0 saturated heterocycles. The monoisotopic (exact) mass is 356 g/mol. The fourth-order valence-corrected chi connectivity index (χ4v) is 3.66. The average Bonchev–Trinajstić information content (AvgIpc) is 3.19. The molecular formula is C19H20N2O3S. The molecule has 0 aliphatic carbocycles. The van der Waals surface area contributed by atoms with Gasteiger partial charge in [0.15, 0.2) is 0 Å². The Kier molecular flexibility index (Phi) is 4.99. The molecule has 0 fully saturated rings. The van der Waals surface area contributed by atoms with Gasteiger partial charge in [0.2, 0.25) is 5.91 Å². The lowest BCUT2D eigenvalue weighted by molar-refractivity contribution is -0.131. The summed E-state index contributed by atoms with van der Waals surface area (Å²) in [6.07, 6.45) is 0.143. The summed E-state index contributed by atoms with van der Waals surface area (Å²) in [4.78, 5) is 41.4. The molecule has 3 amide bonds. The minimum atomic E-state index is -0.311. The number of hydrogen-bond acceptors (Lipinski definition) is 4. The Labute approximate surface area is 150 Å². The molecule has 0 atom stereocenters. The number of aryl methyl sites for hydroxylation is 1. The zero-order valence-electron chi connectivity index (χ0n) is 14.3. The molecule has 2 heterocycles. The number of thiophene rings is 1. The first-order valence-electron chi connectivity index (χ1n) is 8.28. The summed E-state index contributed by atoms with van der Waals surface area (Å²) in [7, 11) is 0. The van der Waals surface area contributed by atoms with Crippen LogP contribution >= 0.6 is 11.3 Å². The second-order valence-corrected chi connectivity index (χ2v) is 7.08. The molecule has 5 nitrogen and oxygen atoms in total. The van der Waals surface area contributed by atoms with Crippen molar-refractivity contribution in [2.24, 2.45) is 0 Å². The third-order valence-corrected chi connectivity index (χ3v) is 5.20. The molecule has 6 heteroatoms. The normalized spacial score (nSPS) is 13.3. The lowest BCUT2D eigenvalue weighted by Gasteiger charge is -2.21. The first kappa shape index (κ1) is 17.4. The zero-order chi connectivity index (χ0) is 18.0. The molecule has 1 aliphatic heterocycles. The minimum Gasteiger partial charge on any atom is -0.338 e. The molecule has 25 heavy (non-hydrogen) atoms. The van der Waals surface area contributed by atoms with Gasteiger partial charge in [0.05, 0.1) is 17.7 Å². The van der Waals surface area contributed by atoms with Gasteiger partial charge in [-0.05, 0) is 37.4 Å². The maximum absolute atomic E-state index is 12.5. The Hall–Kier alpha value is -2.47. The largest absolute Gasteiger partial charge is 0.338 e. The number of carbonyl (C=O) groups is 3. The van der Waals surface area contributed by atoms with E-state index in [0.29, 0.717) is 24.2 Å². The number of nitrogens with zero attached hydrogens (tertiary/aromatic N) is 2. The third kappa shape index (κ3) is 3.49. The summed E-state index contributed by atoms with van der Waals surface area (Å²) in [5.41, 5.74) is 1.79. The van der Waals surface area contributed by atoms with Gasteiger partial charge in [-0.25, -0.2) is 0 Å². The number of carbonyl (C=O) groups excluding carboxylic acids is 3. The summed E-state index contributed by atoms with van der Waals surface area (Å²) in [6.45, 7) is 5.09. The van der Waals surface area contributed by atoms with Crippen LogP contribution in [0.4, 0.5) is 0 Å². The zero-order valence-corrected chi connectivity index (χ0v) is 15.1. The quantitative estimate of drug-likeness (QED) is 0.748. The molecule has 0 saturated carbocycles. The number of hydrogen-bond donors (Lipinski definition) is 0. The van der Waals surface area contributed by atoms with E-state index in [1.165, 1.54) is 4.90 Å². The van der Waals surface area contributed by atoms with Gasteiger partial charge in [-0.3, -0.25) is 19.3 Å². The number of imide groups is 1. The van der Waals surface area contributed by atoms with Crippen molar-refractivity contribution in [1.82, 2.24) is 9.80 Å². The molecule has 0 bridgehead atoms. The Bertz CT molecular complexity index is 814. The number of fused-ring (bicyclic) bond motifs is 1. The second-order valence-electron chi connectivity index (χ2n) is 6.05. The van der Waals surface area contributed by atoms with Crippen LogP contribution in [0.1, 0.15) is 44.5 Å². The first-order valence-corrected chi connectivity index (χ1v) is 9.16. The van der Waals surface area contributed by atoms with Crippen molar-refractivity contribution in [1.29, 1.82) is 0 Å². The van der Waals surface area contributed by atoms with Gasteiger partial charge >= 0.3 is 0 Å². The molecule has 130 valence electrons. The summed E-state index contributed by atoms with van der Waals surface area (Å²) >= 11 is 1.61. The van der Waals surface area contributed by atoms with Gasteiger partial charge in [0.1, 0.15) is 0 Å². The van der Waals surface area contributed by atoms with Crippen molar-refractivity contribution in [3.63, 3.8) is 0 Å². The van der Waals surface area contributed by atoms with Crippen molar-refractivity contribution in [2.45, 2.75) is 26.8 Å². The first-order chi connectivity index (χ1) is 12.0. The van der Waals surface area contributed by atoms with Crippen molar-refractivity contribution in [3.8, 4) is 0 Å². The van der Waals surface area contributed by atoms with Crippen molar-refractivity contribution >= 4 is 29.1 Å². The number of amides is 3. The predicted octanol–water partition coefficient (Wildman–Crippen LogP) is 3.09. The van der Waals surface area contributed by atoms with Gasteiger partial charge in [-0.1, -0.05) is 17.7 Å². The van der Waals surface area contributed by atoms with Crippen molar-refractivity contribution < 1.29 is 14.4 Å². The van der Waals surface area contributed by atoms with E-state index in [9.17, 15) is 14.4 Å². The predicted molar refractivity (Wildman–Crippen MR) is 96.6 cm³/mol. The molecule has 0 unspecified atom stereocenters. The fourth-order valence-electron chi connectivity index (χ4n) is 2.94. The maximum atomic E-state index is 12.5. The van der Waals surface area contributed by atoms with E-state index in [4.69, 9.17) is 0 Å². The Morgan fingerprint density at radius 3 is 2.60 bits per heavy atom. The molecule has 1 aliphatic rings. The summed E-state index contributed by atoms with van der Waals surface area (Å²) in [5.74, 6) is -0.671. The molecule has 2 aromatic rings. The van der Waals surface area contributed by atoms with E-state index in [-0.39, 0.29) is 30.7 Å². The van der Waals surface area contributed by atoms with Crippen LogP contribution in [0.3, 0.4) is 0 Å². The lowest BCUT2D eigenvalue weighted by Crippen LogP contribution is -2.36. The summed E-state index contributed by atoms with van der Waals surface area (Å²) < 4.78 is 0. The van der Waals surface area contributed by atoms with E-state index in [1.54, 1.807) is 28.4 Å². The van der Waals surface area contributed by atoms with Crippen LogP contribution in [-0.2, 0) is 11.3 Å². The molecule has 0 N–H and O–H groups in total. The van der Waals surface area contributed by atoms with Gasteiger partial charge in [0.25, 0.3) is 11.8 Å². The van der Waals surface area contributed by atoms with Crippen LogP contribution < -0.4 is 0 Å². The second kappa shape index (κ2) is 7.19. The number of rotatable bonds is 6. The molecule has 0 radical (unpaired) electrons. The molecule has 0 spiro atoms. The fraction of sp³-hybridized carbons (Fsp3) is 0.316. The number of benzene rings is 1. The molecule has 3 rings (SSSR count). The van der Waals surface area contributed by atoms with Crippen LogP contribution in [0.2, 0.25) is 0 Å². The lowest BCUT2D eigenvalue weighted by atomic mass is 10.1. The Morgan fingerprint density at radius 1 is 1.16 bits per heavy atom. The highest BCUT2D eigenvalue weighted by atomic mass is 32.1. The summed E-state index contributed by atoms with van der Waals surface area (Å²) in [5, 5.41) is 1.98. The summed E-state index contributed by atoms with van der Waals surface area (Å²) in [6, 6.07) is 9.18. The van der Waals surface area contributed by atoms with Gasteiger partial charge in [0, 0.05) is 24.4 Å². The topological polar surface area (TPSA) is 57.7 Å². The van der Waals surface area contributed by atoms with Crippen LogP contribution in [0.25, 0.3) is 0 Å². The van der Waals surface area contributed by atoms with Gasteiger partial charge in [-0.2, -0.15) is 0 Å². The van der Waals surface area contributed by atoms with Crippen LogP contribution in [0.5, 0.6) is 0 Å². The standard InChI is InChI=1S/C19H20N2O3S/c1-3-20(12-14-5-4-10-25-14)17(22)8-9-21-18(23)15-7-6-13(2)11-16(15)19(21)24/h4-7,10-11H,3,8-9,12H2,1-2H3. The van der Waals surface area contributed by atoms with Crippen molar-refractivity contribution in [2.75, 3.05) is 13.1 Å². The maximum Gasteiger partial charge on any atom is 0.261 e. The SMILES string of the molecule is CCN(Cc1cccs1)C(=O)CCN1C(=O)c2ccc(C)cc2C1=O. The van der Waals surface area contributed by atoms with Crippen molar-refractivity contribution in [3.05, 3.63) is 57.3 Å². The van der Waals surface area contributed by atoms with Crippen LogP contribution in [0.15, 0.2) is 35.7 Å². The van der Waals surface area contributed by atoms with E-state index in [2.05, 4.69) is 0 Å². The van der Waals surface area contributed by atoms with Crippen LogP contribution in [-0.4, -0.2) is 40.6 Å². The highest BCUT2D eigenvalue weighted by molar-refractivity contribution is 7.09. The molecule has 1 aromatic carbocycles. The minimum absolute atomic E-state index is 0.0522. The van der Waals surface area contributed by atoms with Gasteiger partial charge in [-0.15, -0.1) is 11.3 Å². The Balaban J connectivity index is 1.64. The van der Waals surface area contributed by atoms with E-state index >= 15 is 0 Å². The van der Waals surface area contributed by atoms with Gasteiger partial charge < -0.3 is 4.90 Å². The highest BCUT2D eigenvalue weighted by Crippen LogP contribution is 2.24. The van der Waals surface area contributed by atoms with E-state index < -0.39 is 0 Å². The van der Waals surface area contributed by atoms with E-state index in [1.807, 2.05) is 37.4 Å². The molecular weight excluding hydrogens is 336 g/mol.